The smallest absolute Gasteiger partial charge is 0.261 e. The predicted octanol–water partition coefficient (Wildman–Crippen LogP) is 4.07. The fourth-order valence-corrected chi connectivity index (χ4v) is 4.69. The van der Waals surface area contributed by atoms with Gasteiger partial charge < -0.3 is 19.7 Å². The maximum Gasteiger partial charge on any atom is 0.261 e. The van der Waals surface area contributed by atoms with Gasteiger partial charge >= 0.3 is 0 Å². The molecule has 7 heteroatoms. The Kier molecular flexibility index (Phi) is 6.53. The fraction of sp³-hybridized carbons (Fsp3) is 0.560. The first-order chi connectivity index (χ1) is 15.4. The summed E-state index contributed by atoms with van der Waals surface area (Å²) in [6, 6.07) is 7.27. The van der Waals surface area contributed by atoms with Crippen molar-refractivity contribution < 1.29 is 14.3 Å². The van der Waals surface area contributed by atoms with Crippen LogP contribution in [0.1, 0.15) is 63.8 Å². The van der Waals surface area contributed by atoms with E-state index in [0.717, 1.165) is 43.1 Å². The molecule has 1 aromatic heterocycles. The largest absolute Gasteiger partial charge is 0.493 e. The number of benzene rings is 1. The Bertz CT molecular complexity index is 956. The number of fused-ring (bicyclic) bond motifs is 1. The van der Waals surface area contributed by atoms with Crippen LogP contribution >= 0.6 is 0 Å². The number of carbonyl (C=O) groups excluding carboxylic acids is 1. The molecule has 0 saturated carbocycles. The monoisotopic (exact) mass is 438 g/mol. The zero-order valence-electron chi connectivity index (χ0n) is 19.6. The highest BCUT2D eigenvalue weighted by molar-refractivity contribution is 5.81. The van der Waals surface area contributed by atoms with Gasteiger partial charge in [0.15, 0.2) is 17.6 Å². The van der Waals surface area contributed by atoms with E-state index in [1.165, 1.54) is 12.8 Å². The Hall–Kier alpha value is -2.83. The first kappa shape index (κ1) is 22.4. The van der Waals surface area contributed by atoms with Crippen LogP contribution in [0.3, 0.4) is 0 Å². The van der Waals surface area contributed by atoms with Gasteiger partial charge in [-0.25, -0.2) is 9.97 Å². The molecule has 0 radical (unpaired) electrons. The molecule has 1 amide bonds. The second kappa shape index (κ2) is 9.35. The summed E-state index contributed by atoms with van der Waals surface area (Å²) >= 11 is 0. The van der Waals surface area contributed by atoms with Gasteiger partial charge in [0.2, 0.25) is 5.95 Å². The average molecular weight is 439 g/mol. The number of amides is 1. The second-order valence-electron chi connectivity index (χ2n) is 9.54. The fourth-order valence-electron chi connectivity index (χ4n) is 4.69. The summed E-state index contributed by atoms with van der Waals surface area (Å²) in [5, 5.41) is 3.23. The van der Waals surface area contributed by atoms with Crippen molar-refractivity contribution in [2.45, 2.75) is 65.0 Å². The van der Waals surface area contributed by atoms with E-state index in [4.69, 9.17) is 14.5 Å². The van der Waals surface area contributed by atoms with Crippen molar-refractivity contribution in [3.8, 4) is 11.5 Å². The third-order valence-electron chi connectivity index (χ3n) is 6.37. The van der Waals surface area contributed by atoms with Crippen LogP contribution in [0, 0.1) is 5.41 Å². The second-order valence-corrected chi connectivity index (χ2v) is 9.54. The molecule has 0 bridgehead atoms. The number of carbonyl (C=O) groups is 1. The third kappa shape index (κ3) is 4.81. The van der Waals surface area contributed by atoms with E-state index in [2.05, 4.69) is 29.0 Å². The van der Waals surface area contributed by atoms with Gasteiger partial charge in [-0.3, -0.25) is 4.79 Å². The molecule has 2 atom stereocenters. The van der Waals surface area contributed by atoms with E-state index in [9.17, 15) is 4.79 Å². The van der Waals surface area contributed by atoms with Crippen LogP contribution in [-0.2, 0) is 11.2 Å². The number of ether oxygens (including phenoxy) is 2. The summed E-state index contributed by atoms with van der Waals surface area (Å²) in [6.45, 7) is 8.44. The average Bonchev–Trinajstić information content (AvgIpc) is 3.31. The molecule has 32 heavy (non-hydrogen) atoms. The lowest BCUT2D eigenvalue weighted by Gasteiger charge is -2.37. The number of anilines is 1. The molecule has 1 aliphatic carbocycles. The minimum Gasteiger partial charge on any atom is -0.493 e. The number of aromatic nitrogens is 2. The van der Waals surface area contributed by atoms with Gasteiger partial charge in [-0.15, -0.1) is 0 Å². The van der Waals surface area contributed by atoms with Crippen LogP contribution in [0.5, 0.6) is 11.5 Å². The SMILES string of the molecule is CC[C@@H](Oc1ccccc1OC)C(=O)N[C@H]1CC(C)(C)Cc2nc(N3CCCC3)ncc21. The van der Waals surface area contributed by atoms with Crippen LogP contribution in [0.4, 0.5) is 5.95 Å². The Morgan fingerprint density at radius 1 is 1.25 bits per heavy atom. The Morgan fingerprint density at radius 2 is 1.97 bits per heavy atom. The molecule has 1 fully saturated rings. The van der Waals surface area contributed by atoms with Crippen molar-refractivity contribution in [3.05, 3.63) is 41.7 Å². The summed E-state index contributed by atoms with van der Waals surface area (Å²) < 4.78 is 11.4. The van der Waals surface area contributed by atoms with Crippen LogP contribution < -0.4 is 19.7 Å². The Morgan fingerprint density at radius 3 is 2.66 bits per heavy atom. The van der Waals surface area contributed by atoms with E-state index in [0.29, 0.717) is 17.9 Å². The van der Waals surface area contributed by atoms with E-state index >= 15 is 0 Å². The zero-order chi connectivity index (χ0) is 22.7. The van der Waals surface area contributed by atoms with Crippen molar-refractivity contribution in [1.29, 1.82) is 0 Å². The number of methoxy groups -OCH3 is 1. The quantitative estimate of drug-likeness (QED) is 0.702. The van der Waals surface area contributed by atoms with Crippen LogP contribution in [0.25, 0.3) is 0 Å². The lowest BCUT2D eigenvalue weighted by molar-refractivity contribution is -0.129. The van der Waals surface area contributed by atoms with Crippen LogP contribution in [0.2, 0.25) is 0 Å². The maximum atomic E-state index is 13.2. The molecular weight excluding hydrogens is 404 g/mol. The molecule has 1 saturated heterocycles. The number of nitrogens with zero attached hydrogens (tertiary/aromatic N) is 3. The van der Waals surface area contributed by atoms with Gasteiger partial charge in [0, 0.05) is 24.8 Å². The molecule has 2 heterocycles. The molecule has 0 unspecified atom stereocenters. The molecule has 4 rings (SSSR count). The highest BCUT2D eigenvalue weighted by atomic mass is 16.5. The summed E-state index contributed by atoms with van der Waals surface area (Å²) in [5.41, 5.74) is 2.10. The van der Waals surface area contributed by atoms with Crippen LogP contribution in [0.15, 0.2) is 30.5 Å². The van der Waals surface area contributed by atoms with E-state index in [-0.39, 0.29) is 17.4 Å². The number of hydrogen-bond donors (Lipinski definition) is 1. The zero-order valence-corrected chi connectivity index (χ0v) is 19.6. The Labute approximate surface area is 190 Å². The van der Waals surface area contributed by atoms with Crippen molar-refractivity contribution in [1.82, 2.24) is 15.3 Å². The molecule has 2 aliphatic rings. The minimum atomic E-state index is -0.607. The summed E-state index contributed by atoms with van der Waals surface area (Å²) in [5.74, 6) is 1.87. The van der Waals surface area contributed by atoms with Gasteiger partial charge in [0.25, 0.3) is 5.91 Å². The van der Waals surface area contributed by atoms with Crippen molar-refractivity contribution in [2.75, 3.05) is 25.1 Å². The first-order valence-electron chi connectivity index (χ1n) is 11.6. The predicted molar refractivity (Wildman–Crippen MR) is 124 cm³/mol. The molecule has 1 N–H and O–H groups in total. The van der Waals surface area contributed by atoms with Crippen LogP contribution in [-0.4, -0.2) is 42.2 Å². The van der Waals surface area contributed by atoms with Gasteiger partial charge in [0.05, 0.1) is 18.8 Å². The molecule has 7 nitrogen and oxygen atoms in total. The lowest BCUT2D eigenvalue weighted by atomic mass is 9.74. The van der Waals surface area contributed by atoms with Crippen molar-refractivity contribution >= 4 is 11.9 Å². The molecule has 0 spiro atoms. The first-order valence-corrected chi connectivity index (χ1v) is 11.6. The topological polar surface area (TPSA) is 76.6 Å². The summed E-state index contributed by atoms with van der Waals surface area (Å²) in [4.78, 5) is 25.0. The maximum absolute atomic E-state index is 13.2. The molecule has 172 valence electrons. The van der Waals surface area contributed by atoms with Gasteiger partial charge in [-0.2, -0.15) is 0 Å². The van der Waals surface area contributed by atoms with Gasteiger partial charge in [0.1, 0.15) is 0 Å². The number of nitrogens with one attached hydrogen (secondary N) is 1. The molecular formula is C25H34N4O3. The minimum absolute atomic E-state index is 0.0345. The standard InChI is InChI=1S/C25H34N4O3/c1-5-20(32-22-11-7-6-10-21(22)31-4)23(30)27-18-14-25(2,3)15-19-17(18)16-26-24(28-19)29-12-8-9-13-29/h6-7,10-11,16,18,20H,5,8-9,12-15H2,1-4H3,(H,27,30)/t18-,20+/m0/s1. The van der Waals surface area contributed by atoms with Crippen molar-refractivity contribution in [2.24, 2.45) is 5.41 Å². The summed E-state index contributed by atoms with van der Waals surface area (Å²) in [6.07, 6.45) is 5.96. The number of rotatable bonds is 7. The molecule has 1 aliphatic heterocycles. The normalized spacial score (nSPS) is 20.4. The van der Waals surface area contributed by atoms with Gasteiger partial charge in [-0.1, -0.05) is 32.9 Å². The highest BCUT2D eigenvalue weighted by Crippen LogP contribution is 2.40. The summed E-state index contributed by atoms with van der Waals surface area (Å²) in [7, 11) is 1.60. The molecule has 2 aromatic rings. The Balaban J connectivity index is 1.53. The van der Waals surface area contributed by atoms with E-state index in [1.54, 1.807) is 7.11 Å². The van der Waals surface area contributed by atoms with E-state index < -0.39 is 6.10 Å². The van der Waals surface area contributed by atoms with Crippen molar-refractivity contribution in [3.63, 3.8) is 0 Å². The highest BCUT2D eigenvalue weighted by Gasteiger charge is 2.36. The number of hydrogen-bond acceptors (Lipinski definition) is 6. The third-order valence-corrected chi connectivity index (χ3v) is 6.37. The number of para-hydroxylation sites is 2. The molecule has 1 aromatic carbocycles. The van der Waals surface area contributed by atoms with Gasteiger partial charge in [-0.05, 0) is 49.7 Å². The lowest BCUT2D eigenvalue weighted by Crippen LogP contribution is -2.43. The van der Waals surface area contributed by atoms with E-state index in [1.807, 2.05) is 37.4 Å².